The molecule has 3 heterocycles. The number of fused-ring (bicyclic) bond motifs is 1. The number of benzene rings is 1. The maximum atomic E-state index is 12.7. The number of carbonyl (C=O) groups is 1. The van der Waals surface area contributed by atoms with Crippen molar-refractivity contribution >= 4 is 5.91 Å². The van der Waals surface area contributed by atoms with Gasteiger partial charge >= 0.3 is 5.69 Å². The second kappa shape index (κ2) is 7.68. The summed E-state index contributed by atoms with van der Waals surface area (Å²) in [6.07, 6.45) is 3.09. The Hall–Kier alpha value is -2.41. The molecule has 2 aliphatic rings. The standard InChI is InChI=1S/C20H27N5O2/c1-16-6-2-3-7-17(16)19(26)23-13-10-22(11-14-23)12-15-25-20(27)24-9-5-4-8-18(24)21-25/h2-3,6-7H,4-5,8-15H2,1H3. The van der Waals surface area contributed by atoms with E-state index >= 15 is 0 Å². The number of rotatable bonds is 4. The number of carbonyl (C=O) groups excluding carboxylic acids is 1. The minimum Gasteiger partial charge on any atom is -0.336 e. The fourth-order valence-electron chi connectivity index (χ4n) is 3.99. The van der Waals surface area contributed by atoms with Crippen molar-refractivity contribution in [3.63, 3.8) is 0 Å². The second-order valence-electron chi connectivity index (χ2n) is 7.48. The fraction of sp³-hybridized carbons (Fsp3) is 0.550. The molecular formula is C20H27N5O2. The van der Waals surface area contributed by atoms with Crippen LogP contribution in [0.3, 0.4) is 0 Å². The lowest BCUT2D eigenvalue weighted by atomic mass is 10.1. The summed E-state index contributed by atoms with van der Waals surface area (Å²) >= 11 is 0. The van der Waals surface area contributed by atoms with E-state index in [-0.39, 0.29) is 11.6 Å². The van der Waals surface area contributed by atoms with Gasteiger partial charge in [-0.05, 0) is 31.4 Å². The fourth-order valence-corrected chi connectivity index (χ4v) is 3.99. The van der Waals surface area contributed by atoms with Crippen LogP contribution in [0, 0.1) is 6.92 Å². The Kier molecular flexibility index (Phi) is 5.11. The molecule has 1 fully saturated rings. The lowest BCUT2D eigenvalue weighted by Gasteiger charge is -2.34. The van der Waals surface area contributed by atoms with Gasteiger partial charge < -0.3 is 4.90 Å². The minimum atomic E-state index is 0.0260. The number of nitrogens with zero attached hydrogens (tertiary/aromatic N) is 5. The molecule has 0 unspecified atom stereocenters. The summed E-state index contributed by atoms with van der Waals surface area (Å²) < 4.78 is 3.44. The van der Waals surface area contributed by atoms with Gasteiger partial charge in [-0.15, -0.1) is 0 Å². The van der Waals surface area contributed by atoms with Gasteiger partial charge in [0.2, 0.25) is 0 Å². The van der Waals surface area contributed by atoms with Crippen LogP contribution in [0.4, 0.5) is 0 Å². The Morgan fingerprint density at radius 2 is 1.81 bits per heavy atom. The van der Waals surface area contributed by atoms with Crippen LogP contribution in [-0.4, -0.2) is 62.8 Å². The zero-order chi connectivity index (χ0) is 18.8. The van der Waals surface area contributed by atoms with Crippen molar-refractivity contribution in [1.82, 2.24) is 24.1 Å². The molecule has 0 N–H and O–H groups in total. The topological polar surface area (TPSA) is 63.4 Å². The molecule has 1 aromatic carbocycles. The third-order valence-electron chi connectivity index (χ3n) is 5.69. The summed E-state index contributed by atoms with van der Waals surface area (Å²) in [5.74, 6) is 1.05. The van der Waals surface area contributed by atoms with Crippen molar-refractivity contribution < 1.29 is 4.79 Å². The molecule has 4 rings (SSSR count). The molecule has 0 radical (unpaired) electrons. The van der Waals surface area contributed by atoms with E-state index in [1.54, 1.807) is 4.68 Å². The summed E-state index contributed by atoms with van der Waals surface area (Å²) in [4.78, 5) is 29.4. The normalized spacial score (nSPS) is 17.7. The summed E-state index contributed by atoms with van der Waals surface area (Å²) in [5.41, 5.74) is 1.84. The van der Waals surface area contributed by atoms with Crippen molar-refractivity contribution in [3.8, 4) is 0 Å². The molecule has 1 aromatic heterocycles. The van der Waals surface area contributed by atoms with E-state index in [9.17, 15) is 9.59 Å². The number of aromatic nitrogens is 3. The maximum absolute atomic E-state index is 12.7. The zero-order valence-corrected chi connectivity index (χ0v) is 15.9. The number of amides is 1. The van der Waals surface area contributed by atoms with Gasteiger partial charge in [-0.2, -0.15) is 5.10 Å². The van der Waals surface area contributed by atoms with Crippen LogP contribution in [0.15, 0.2) is 29.1 Å². The molecule has 0 aliphatic carbocycles. The quantitative estimate of drug-likeness (QED) is 0.811. The van der Waals surface area contributed by atoms with Gasteiger partial charge in [0.05, 0.1) is 6.54 Å². The van der Waals surface area contributed by atoms with Crippen LogP contribution in [-0.2, 0) is 19.5 Å². The molecule has 7 heteroatoms. The number of piperazine rings is 1. The number of hydrogen-bond acceptors (Lipinski definition) is 4. The predicted octanol–water partition coefficient (Wildman–Crippen LogP) is 1.15. The van der Waals surface area contributed by atoms with Crippen LogP contribution in [0.5, 0.6) is 0 Å². The SMILES string of the molecule is Cc1ccccc1C(=O)N1CCN(CCn2nc3n(c2=O)CCCC3)CC1. The highest BCUT2D eigenvalue weighted by Crippen LogP contribution is 2.13. The third kappa shape index (κ3) is 3.69. The van der Waals surface area contributed by atoms with E-state index in [1.807, 2.05) is 40.7 Å². The zero-order valence-electron chi connectivity index (χ0n) is 15.9. The van der Waals surface area contributed by atoms with Crippen molar-refractivity contribution in [1.29, 1.82) is 0 Å². The Morgan fingerprint density at radius 1 is 1.04 bits per heavy atom. The largest absolute Gasteiger partial charge is 0.345 e. The average Bonchev–Trinajstić information content (AvgIpc) is 3.03. The molecule has 2 aliphatic heterocycles. The van der Waals surface area contributed by atoms with E-state index in [1.165, 1.54) is 0 Å². The van der Waals surface area contributed by atoms with Gasteiger partial charge in [-0.1, -0.05) is 18.2 Å². The van der Waals surface area contributed by atoms with Crippen molar-refractivity contribution in [3.05, 3.63) is 51.7 Å². The monoisotopic (exact) mass is 369 g/mol. The molecule has 0 saturated carbocycles. The molecule has 1 saturated heterocycles. The average molecular weight is 369 g/mol. The van der Waals surface area contributed by atoms with Crippen LogP contribution < -0.4 is 5.69 Å². The molecule has 0 atom stereocenters. The van der Waals surface area contributed by atoms with E-state index in [2.05, 4.69) is 10.00 Å². The van der Waals surface area contributed by atoms with E-state index in [0.29, 0.717) is 6.54 Å². The molecule has 7 nitrogen and oxygen atoms in total. The molecule has 144 valence electrons. The van der Waals surface area contributed by atoms with Gasteiger partial charge in [0, 0.05) is 51.3 Å². The smallest absolute Gasteiger partial charge is 0.336 e. The van der Waals surface area contributed by atoms with Crippen molar-refractivity contribution in [2.24, 2.45) is 0 Å². The lowest BCUT2D eigenvalue weighted by Crippen LogP contribution is -2.49. The highest BCUT2D eigenvalue weighted by Gasteiger charge is 2.23. The highest BCUT2D eigenvalue weighted by molar-refractivity contribution is 5.95. The van der Waals surface area contributed by atoms with E-state index in [4.69, 9.17) is 0 Å². The lowest BCUT2D eigenvalue weighted by molar-refractivity contribution is 0.0631. The summed E-state index contributed by atoms with van der Waals surface area (Å²) in [6.45, 7) is 7.30. The molecule has 2 aromatic rings. The van der Waals surface area contributed by atoms with Crippen LogP contribution in [0.2, 0.25) is 0 Å². The Balaban J connectivity index is 1.31. The number of aryl methyl sites for hydroxylation is 2. The molecule has 1 amide bonds. The van der Waals surface area contributed by atoms with E-state index < -0.39 is 0 Å². The van der Waals surface area contributed by atoms with Crippen LogP contribution >= 0.6 is 0 Å². The summed E-state index contributed by atoms with van der Waals surface area (Å²) in [7, 11) is 0. The van der Waals surface area contributed by atoms with E-state index in [0.717, 1.165) is 75.5 Å². The van der Waals surface area contributed by atoms with Gasteiger partial charge in [0.1, 0.15) is 5.82 Å². The first kappa shape index (κ1) is 18.0. The first-order valence-electron chi connectivity index (χ1n) is 9.87. The summed E-state index contributed by atoms with van der Waals surface area (Å²) in [6, 6.07) is 7.75. The third-order valence-corrected chi connectivity index (χ3v) is 5.69. The Morgan fingerprint density at radius 3 is 2.56 bits per heavy atom. The Bertz CT molecular complexity index is 877. The number of hydrogen-bond donors (Lipinski definition) is 0. The molecule has 0 bridgehead atoms. The van der Waals surface area contributed by atoms with Crippen LogP contribution in [0.25, 0.3) is 0 Å². The Labute approximate surface area is 159 Å². The van der Waals surface area contributed by atoms with Gasteiger partial charge in [0.25, 0.3) is 5.91 Å². The molecular weight excluding hydrogens is 342 g/mol. The van der Waals surface area contributed by atoms with Crippen molar-refractivity contribution in [2.45, 2.75) is 39.3 Å². The van der Waals surface area contributed by atoms with Gasteiger partial charge in [-0.25, -0.2) is 9.48 Å². The van der Waals surface area contributed by atoms with Gasteiger partial charge in [0.15, 0.2) is 0 Å². The summed E-state index contributed by atoms with van der Waals surface area (Å²) in [5, 5.41) is 4.50. The first-order valence-corrected chi connectivity index (χ1v) is 9.87. The minimum absolute atomic E-state index is 0.0260. The highest BCUT2D eigenvalue weighted by atomic mass is 16.2. The first-order chi connectivity index (χ1) is 13.1. The van der Waals surface area contributed by atoms with Crippen LogP contribution in [0.1, 0.15) is 34.6 Å². The second-order valence-corrected chi connectivity index (χ2v) is 7.48. The molecule has 0 spiro atoms. The predicted molar refractivity (Wildman–Crippen MR) is 103 cm³/mol. The van der Waals surface area contributed by atoms with Gasteiger partial charge in [-0.3, -0.25) is 14.3 Å². The van der Waals surface area contributed by atoms with Crippen molar-refractivity contribution in [2.75, 3.05) is 32.7 Å². The molecule has 27 heavy (non-hydrogen) atoms. The maximum Gasteiger partial charge on any atom is 0.345 e.